The highest BCUT2D eigenvalue weighted by atomic mass is 19.1. The third kappa shape index (κ3) is 5.32. The van der Waals surface area contributed by atoms with Gasteiger partial charge in [-0.15, -0.1) is 0 Å². The van der Waals surface area contributed by atoms with E-state index < -0.39 is 6.10 Å². The van der Waals surface area contributed by atoms with Crippen LogP contribution in [0.25, 0.3) is 6.08 Å². The van der Waals surface area contributed by atoms with Crippen molar-refractivity contribution in [2.75, 3.05) is 0 Å². The predicted molar refractivity (Wildman–Crippen MR) is 103 cm³/mol. The molecule has 0 saturated carbocycles. The van der Waals surface area contributed by atoms with Crippen LogP contribution in [0, 0.1) is 5.82 Å². The Hall–Kier alpha value is -3.32. The van der Waals surface area contributed by atoms with Gasteiger partial charge in [0.15, 0.2) is 5.82 Å². The molecule has 138 valence electrons. The maximum atomic E-state index is 13.2. The lowest BCUT2D eigenvalue weighted by Crippen LogP contribution is -2.06. The van der Waals surface area contributed by atoms with Gasteiger partial charge in [-0.1, -0.05) is 24.3 Å². The van der Waals surface area contributed by atoms with Crippen LogP contribution in [0.2, 0.25) is 0 Å². The maximum absolute atomic E-state index is 13.2. The summed E-state index contributed by atoms with van der Waals surface area (Å²) in [5.41, 5.74) is 8.14. The van der Waals surface area contributed by atoms with Crippen molar-refractivity contribution in [1.29, 1.82) is 0 Å². The molecular weight excluding hydrogens is 345 g/mol. The third-order valence-corrected chi connectivity index (χ3v) is 3.82. The van der Waals surface area contributed by atoms with E-state index >= 15 is 0 Å². The lowest BCUT2D eigenvalue weighted by molar-refractivity contribution is 0.199. The average molecular weight is 365 g/mol. The van der Waals surface area contributed by atoms with Crippen LogP contribution < -0.4 is 5.73 Å². The molecule has 0 radical (unpaired) electrons. The molecular formula is C20H20FN5O. The van der Waals surface area contributed by atoms with E-state index in [0.717, 1.165) is 11.1 Å². The topological polar surface area (TPSA) is 100 Å². The van der Waals surface area contributed by atoms with E-state index in [1.54, 1.807) is 37.3 Å². The van der Waals surface area contributed by atoms with Crippen LogP contribution in [0.15, 0.2) is 59.6 Å². The fourth-order valence-corrected chi connectivity index (χ4v) is 2.50. The number of nitrogens with two attached hydrogens (primary N) is 1. The summed E-state index contributed by atoms with van der Waals surface area (Å²) in [6.45, 7) is 1.69. The van der Waals surface area contributed by atoms with Gasteiger partial charge in [-0.3, -0.25) is 5.10 Å². The van der Waals surface area contributed by atoms with Crippen molar-refractivity contribution in [3.63, 3.8) is 0 Å². The van der Waals surface area contributed by atoms with Gasteiger partial charge in [-0.2, -0.15) is 5.10 Å². The smallest absolute Gasteiger partial charge is 0.174 e. The van der Waals surface area contributed by atoms with E-state index in [1.165, 1.54) is 12.1 Å². The summed E-state index contributed by atoms with van der Waals surface area (Å²) in [6, 6.07) is 13.6. The number of nitrogens with one attached hydrogen (secondary N) is 1. The van der Waals surface area contributed by atoms with Crippen LogP contribution in [0.4, 0.5) is 10.1 Å². The zero-order chi connectivity index (χ0) is 19.2. The summed E-state index contributed by atoms with van der Waals surface area (Å²) in [6.07, 6.45) is 3.13. The number of amidine groups is 1. The number of halogens is 1. The van der Waals surface area contributed by atoms with Gasteiger partial charge in [0.2, 0.25) is 0 Å². The first kappa shape index (κ1) is 18.5. The molecule has 0 bridgehead atoms. The molecule has 27 heavy (non-hydrogen) atoms. The van der Waals surface area contributed by atoms with Gasteiger partial charge in [-0.25, -0.2) is 14.4 Å². The average Bonchev–Trinajstić information content (AvgIpc) is 3.07. The molecule has 0 aliphatic heterocycles. The highest BCUT2D eigenvalue weighted by molar-refractivity contribution is 5.96. The van der Waals surface area contributed by atoms with E-state index in [1.807, 2.05) is 18.2 Å². The number of nitrogens with zero attached hydrogens (tertiary/aromatic N) is 3. The first-order chi connectivity index (χ1) is 13.0. The fourth-order valence-electron chi connectivity index (χ4n) is 2.50. The first-order valence-electron chi connectivity index (χ1n) is 8.45. The number of aromatic nitrogens is 3. The summed E-state index contributed by atoms with van der Waals surface area (Å²) < 4.78 is 13.2. The van der Waals surface area contributed by atoms with Crippen LogP contribution in [-0.4, -0.2) is 26.1 Å². The minimum Gasteiger partial charge on any atom is -0.389 e. The second kappa shape index (κ2) is 8.37. The Labute approximate surface area is 156 Å². The molecule has 0 fully saturated rings. The summed E-state index contributed by atoms with van der Waals surface area (Å²) in [5, 5.41) is 16.5. The fraction of sp³-hybridized carbons (Fsp3) is 0.150. The zero-order valence-electron chi connectivity index (χ0n) is 14.8. The predicted octanol–water partition coefficient (Wildman–Crippen LogP) is 3.29. The molecule has 0 aliphatic carbocycles. The molecule has 7 heteroatoms. The summed E-state index contributed by atoms with van der Waals surface area (Å²) >= 11 is 0. The second-order valence-electron chi connectivity index (χ2n) is 6.09. The lowest BCUT2D eigenvalue weighted by atomic mass is 10.1. The number of H-pyrrole nitrogens is 1. The molecule has 0 aliphatic rings. The Morgan fingerprint density at radius 2 is 2.11 bits per heavy atom. The molecule has 4 N–H and O–H groups in total. The van der Waals surface area contributed by atoms with Gasteiger partial charge >= 0.3 is 0 Å². The van der Waals surface area contributed by atoms with Crippen molar-refractivity contribution in [3.8, 4) is 0 Å². The first-order valence-corrected chi connectivity index (χ1v) is 8.45. The van der Waals surface area contributed by atoms with E-state index in [2.05, 4.69) is 20.2 Å². The van der Waals surface area contributed by atoms with Crippen LogP contribution in [0.5, 0.6) is 0 Å². The number of hydrogen-bond acceptors (Lipinski definition) is 4. The van der Waals surface area contributed by atoms with E-state index in [-0.39, 0.29) is 11.7 Å². The molecule has 0 saturated heterocycles. The van der Waals surface area contributed by atoms with Crippen LogP contribution in [0.1, 0.15) is 35.8 Å². The highest BCUT2D eigenvalue weighted by Gasteiger charge is 2.04. The van der Waals surface area contributed by atoms with Crippen molar-refractivity contribution < 1.29 is 9.50 Å². The van der Waals surface area contributed by atoms with Crippen molar-refractivity contribution in [1.82, 2.24) is 15.2 Å². The number of rotatable bonds is 6. The number of aromatic amines is 1. The second-order valence-corrected chi connectivity index (χ2v) is 6.09. The van der Waals surface area contributed by atoms with Gasteiger partial charge in [0.25, 0.3) is 0 Å². The van der Waals surface area contributed by atoms with E-state index in [0.29, 0.717) is 23.8 Å². The minimum atomic E-state index is -0.568. The van der Waals surface area contributed by atoms with Crippen molar-refractivity contribution in [2.45, 2.75) is 19.4 Å². The van der Waals surface area contributed by atoms with E-state index in [4.69, 9.17) is 5.73 Å². The van der Waals surface area contributed by atoms with Gasteiger partial charge < -0.3 is 10.8 Å². The molecule has 0 amide bonds. The zero-order valence-corrected chi connectivity index (χ0v) is 14.8. The maximum Gasteiger partial charge on any atom is 0.174 e. The standard InChI is InChI=1S/C20H20FN5O/c1-13(27)15-5-3-7-17(12-15)23-18(22)8-9-19-24-20(26-25-19)11-14-4-2-6-16(21)10-14/h2-10,12-13,27H,11H2,1H3,(H2,22,23)(H,24,25,26)/b9-8-. The Morgan fingerprint density at radius 3 is 2.89 bits per heavy atom. The quantitative estimate of drug-likeness (QED) is 0.461. The van der Waals surface area contributed by atoms with Crippen molar-refractivity contribution in [2.24, 2.45) is 10.7 Å². The number of aliphatic hydroxyl groups is 1. The summed E-state index contributed by atoms with van der Waals surface area (Å²) in [4.78, 5) is 8.62. The van der Waals surface area contributed by atoms with Crippen LogP contribution >= 0.6 is 0 Å². The molecule has 3 rings (SSSR count). The SMILES string of the molecule is CC(O)c1cccc(N=C(N)/C=C\c2n[nH]c(Cc3cccc(F)c3)n2)c1. The van der Waals surface area contributed by atoms with Gasteiger partial charge in [-0.05, 0) is 54.5 Å². The summed E-state index contributed by atoms with van der Waals surface area (Å²) in [5.74, 6) is 1.09. The lowest BCUT2D eigenvalue weighted by Gasteiger charge is -2.04. The molecule has 1 aromatic heterocycles. The van der Waals surface area contributed by atoms with Gasteiger partial charge in [0, 0.05) is 6.42 Å². The summed E-state index contributed by atoms with van der Waals surface area (Å²) in [7, 11) is 0. The molecule has 0 spiro atoms. The Balaban J connectivity index is 1.67. The van der Waals surface area contributed by atoms with E-state index in [9.17, 15) is 9.50 Å². The normalized spacial score (nSPS) is 13.2. The van der Waals surface area contributed by atoms with Crippen molar-refractivity contribution >= 4 is 17.6 Å². The third-order valence-electron chi connectivity index (χ3n) is 3.82. The Bertz CT molecular complexity index is 978. The number of aliphatic hydroxyl groups excluding tert-OH is 1. The molecule has 1 atom stereocenters. The molecule has 1 unspecified atom stereocenters. The Kier molecular flexibility index (Phi) is 5.73. The molecule has 1 heterocycles. The van der Waals surface area contributed by atoms with Crippen LogP contribution in [0.3, 0.4) is 0 Å². The van der Waals surface area contributed by atoms with Crippen molar-refractivity contribution in [3.05, 3.63) is 83.2 Å². The largest absolute Gasteiger partial charge is 0.389 e. The van der Waals surface area contributed by atoms with Crippen LogP contribution in [-0.2, 0) is 6.42 Å². The minimum absolute atomic E-state index is 0.282. The Morgan fingerprint density at radius 1 is 1.30 bits per heavy atom. The van der Waals surface area contributed by atoms with Gasteiger partial charge in [0.05, 0.1) is 11.8 Å². The molecule has 2 aromatic carbocycles. The number of benzene rings is 2. The monoisotopic (exact) mass is 365 g/mol. The van der Waals surface area contributed by atoms with Gasteiger partial charge in [0.1, 0.15) is 17.5 Å². The number of aliphatic imine (C=N–C) groups is 1. The number of hydrogen-bond donors (Lipinski definition) is 3. The highest BCUT2D eigenvalue weighted by Crippen LogP contribution is 2.19. The molecule has 3 aromatic rings. The molecule has 6 nitrogen and oxygen atoms in total.